The summed E-state index contributed by atoms with van der Waals surface area (Å²) in [4.78, 5) is 27.5. The Labute approximate surface area is 152 Å². The van der Waals surface area contributed by atoms with E-state index in [4.69, 9.17) is 9.47 Å². The van der Waals surface area contributed by atoms with E-state index in [1.807, 2.05) is 32.9 Å². The van der Waals surface area contributed by atoms with Gasteiger partial charge >= 0.3 is 0 Å². The van der Waals surface area contributed by atoms with Gasteiger partial charge in [0.2, 0.25) is 0 Å². The fraction of sp³-hybridized carbons (Fsp3) is 0.400. The maximum atomic E-state index is 12.6. The van der Waals surface area contributed by atoms with Crippen LogP contribution < -0.4 is 15.6 Å². The summed E-state index contributed by atoms with van der Waals surface area (Å²) in [6.07, 6.45) is 0.881. The number of carbonyl (C=O) groups excluding carboxylic acids is 1. The quantitative estimate of drug-likeness (QED) is 0.862. The first-order valence-electron chi connectivity index (χ1n) is 8.77. The van der Waals surface area contributed by atoms with Crippen LogP contribution in [0.1, 0.15) is 39.2 Å². The van der Waals surface area contributed by atoms with Gasteiger partial charge in [-0.15, -0.1) is 0 Å². The first kappa shape index (κ1) is 18.2. The smallest absolute Gasteiger partial charge is 0.253 e. The number of hydrogen-bond donors (Lipinski definition) is 2. The molecule has 1 aliphatic rings. The second-order valence-corrected chi connectivity index (χ2v) is 6.66. The predicted octanol–water partition coefficient (Wildman–Crippen LogP) is 2.40. The lowest BCUT2D eigenvalue weighted by Crippen LogP contribution is -2.28. The van der Waals surface area contributed by atoms with Crippen LogP contribution >= 0.6 is 0 Å². The highest BCUT2D eigenvalue weighted by Gasteiger charge is 2.20. The number of rotatable bonds is 5. The number of pyridine rings is 1. The highest BCUT2D eigenvalue weighted by atomic mass is 16.5. The Balaban J connectivity index is 1.73. The van der Waals surface area contributed by atoms with E-state index in [0.717, 1.165) is 23.2 Å². The number of hydrogen-bond acceptors (Lipinski definition) is 4. The van der Waals surface area contributed by atoms with Crippen molar-refractivity contribution < 1.29 is 14.3 Å². The number of amides is 1. The van der Waals surface area contributed by atoms with Crippen LogP contribution in [0.2, 0.25) is 0 Å². The third-order valence-electron chi connectivity index (χ3n) is 4.63. The van der Waals surface area contributed by atoms with Crippen LogP contribution in [0, 0.1) is 20.8 Å². The average Bonchev–Trinajstić information content (AvgIpc) is 3.08. The van der Waals surface area contributed by atoms with Gasteiger partial charge in [0, 0.05) is 35.3 Å². The zero-order valence-corrected chi connectivity index (χ0v) is 15.3. The van der Waals surface area contributed by atoms with Gasteiger partial charge in [0.25, 0.3) is 11.5 Å². The molecule has 2 heterocycles. The Morgan fingerprint density at radius 1 is 1.35 bits per heavy atom. The molecule has 6 nitrogen and oxygen atoms in total. The SMILES string of the molecule is Cc1cc(C)c(CNC(=O)c2cccc(OC3CCOC3)c2C)c(=O)[nH]1. The lowest BCUT2D eigenvalue weighted by atomic mass is 10.1. The molecule has 1 saturated heterocycles. The van der Waals surface area contributed by atoms with Gasteiger partial charge in [0.15, 0.2) is 0 Å². The highest BCUT2D eigenvalue weighted by molar-refractivity contribution is 5.96. The number of H-pyrrole nitrogens is 1. The number of aryl methyl sites for hydroxylation is 2. The van der Waals surface area contributed by atoms with Crippen molar-refractivity contribution >= 4 is 5.91 Å². The molecule has 2 N–H and O–H groups in total. The van der Waals surface area contributed by atoms with E-state index in [-0.39, 0.29) is 24.1 Å². The number of ether oxygens (including phenoxy) is 2. The van der Waals surface area contributed by atoms with Gasteiger partial charge < -0.3 is 19.8 Å². The normalized spacial score (nSPS) is 16.5. The minimum Gasteiger partial charge on any atom is -0.488 e. The number of nitrogens with one attached hydrogen (secondary N) is 2. The summed E-state index contributed by atoms with van der Waals surface area (Å²) in [7, 11) is 0. The molecule has 2 aromatic rings. The fourth-order valence-corrected chi connectivity index (χ4v) is 3.14. The van der Waals surface area contributed by atoms with E-state index in [1.165, 1.54) is 0 Å². The van der Waals surface area contributed by atoms with Gasteiger partial charge in [-0.05, 0) is 44.5 Å². The number of benzene rings is 1. The van der Waals surface area contributed by atoms with Gasteiger partial charge in [-0.1, -0.05) is 6.07 Å². The van der Waals surface area contributed by atoms with Gasteiger partial charge in [0.05, 0.1) is 13.2 Å². The third kappa shape index (κ3) is 3.96. The second-order valence-electron chi connectivity index (χ2n) is 6.66. The van der Waals surface area contributed by atoms with E-state index in [0.29, 0.717) is 30.1 Å². The van der Waals surface area contributed by atoms with Crippen LogP contribution in [0.15, 0.2) is 29.1 Å². The van der Waals surface area contributed by atoms with Gasteiger partial charge in [-0.25, -0.2) is 0 Å². The first-order chi connectivity index (χ1) is 12.5. The molecular weight excluding hydrogens is 332 g/mol. The largest absolute Gasteiger partial charge is 0.488 e. The van der Waals surface area contributed by atoms with Crippen molar-refractivity contribution in [1.29, 1.82) is 0 Å². The van der Waals surface area contributed by atoms with Crippen LogP contribution in [0.5, 0.6) is 5.75 Å². The summed E-state index contributed by atoms with van der Waals surface area (Å²) in [5.41, 5.74) is 3.39. The zero-order valence-electron chi connectivity index (χ0n) is 15.3. The van der Waals surface area contributed by atoms with E-state index >= 15 is 0 Å². The molecule has 1 atom stereocenters. The lowest BCUT2D eigenvalue weighted by Gasteiger charge is -2.16. The van der Waals surface area contributed by atoms with Crippen molar-refractivity contribution in [2.45, 2.75) is 39.8 Å². The summed E-state index contributed by atoms with van der Waals surface area (Å²) in [6.45, 7) is 7.03. The molecule has 0 spiro atoms. The Morgan fingerprint density at radius 3 is 2.85 bits per heavy atom. The Morgan fingerprint density at radius 2 is 2.15 bits per heavy atom. The van der Waals surface area contributed by atoms with Crippen molar-refractivity contribution in [3.63, 3.8) is 0 Å². The minimum absolute atomic E-state index is 0.0285. The van der Waals surface area contributed by atoms with Crippen molar-refractivity contribution in [2.75, 3.05) is 13.2 Å². The molecule has 138 valence electrons. The van der Waals surface area contributed by atoms with E-state index in [9.17, 15) is 9.59 Å². The molecular formula is C20H24N2O4. The summed E-state index contributed by atoms with van der Waals surface area (Å²) < 4.78 is 11.3. The lowest BCUT2D eigenvalue weighted by molar-refractivity contribution is 0.0949. The summed E-state index contributed by atoms with van der Waals surface area (Å²) in [6, 6.07) is 7.32. The molecule has 1 aromatic heterocycles. The van der Waals surface area contributed by atoms with Crippen LogP contribution in [0.4, 0.5) is 0 Å². The number of carbonyl (C=O) groups is 1. The molecule has 1 amide bonds. The molecule has 0 bridgehead atoms. The van der Waals surface area contributed by atoms with E-state index < -0.39 is 0 Å². The van der Waals surface area contributed by atoms with Gasteiger partial charge in [-0.2, -0.15) is 0 Å². The molecule has 1 fully saturated rings. The Hall–Kier alpha value is -2.60. The standard InChI is InChI=1S/C20H24N2O4/c1-12-9-13(2)22-20(24)17(12)10-21-19(23)16-5-4-6-18(14(16)3)26-15-7-8-25-11-15/h4-6,9,15H,7-8,10-11H2,1-3H3,(H,21,23)(H,22,24). The van der Waals surface area contributed by atoms with Crippen LogP contribution in [-0.2, 0) is 11.3 Å². The first-order valence-corrected chi connectivity index (χ1v) is 8.77. The number of aromatic amines is 1. The summed E-state index contributed by atoms with van der Waals surface area (Å²) in [5.74, 6) is 0.465. The summed E-state index contributed by atoms with van der Waals surface area (Å²) in [5, 5.41) is 2.84. The van der Waals surface area contributed by atoms with Gasteiger partial charge in [-0.3, -0.25) is 9.59 Å². The van der Waals surface area contributed by atoms with Crippen molar-refractivity contribution in [3.8, 4) is 5.75 Å². The molecule has 0 aliphatic carbocycles. The zero-order chi connectivity index (χ0) is 18.7. The van der Waals surface area contributed by atoms with Crippen molar-refractivity contribution in [3.05, 3.63) is 62.6 Å². The maximum Gasteiger partial charge on any atom is 0.253 e. The molecule has 1 unspecified atom stereocenters. The minimum atomic E-state index is -0.227. The molecule has 1 aromatic carbocycles. The van der Waals surface area contributed by atoms with E-state index in [2.05, 4.69) is 10.3 Å². The monoisotopic (exact) mass is 356 g/mol. The fourth-order valence-electron chi connectivity index (χ4n) is 3.14. The Kier molecular flexibility index (Phi) is 5.42. The van der Waals surface area contributed by atoms with Gasteiger partial charge in [0.1, 0.15) is 11.9 Å². The predicted molar refractivity (Wildman–Crippen MR) is 98.7 cm³/mol. The second kappa shape index (κ2) is 7.74. The molecule has 0 saturated carbocycles. The summed E-state index contributed by atoms with van der Waals surface area (Å²) >= 11 is 0. The average molecular weight is 356 g/mol. The maximum absolute atomic E-state index is 12.6. The Bertz CT molecular complexity index is 867. The van der Waals surface area contributed by atoms with Crippen LogP contribution in [0.25, 0.3) is 0 Å². The molecule has 3 rings (SSSR count). The van der Waals surface area contributed by atoms with Crippen molar-refractivity contribution in [1.82, 2.24) is 10.3 Å². The molecule has 1 aliphatic heterocycles. The topological polar surface area (TPSA) is 80.4 Å². The third-order valence-corrected chi connectivity index (χ3v) is 4.63. The number of aromatic nitrogens is 1. The molecule has 0 radical (unpaired) electrons. The molecule has 6 heteroatoms. The molecule has 26 heavy (non-hydrogen) atoms. The highest BCUT2D eigenvalue weighted by Crippen LogP contribution is 2.24. The van der Waals surface area contributed by atoms with E-state index in [1.54, 1.807) is 12.1 Å². The van der Waals surface area contributed by atoms with Crippen LogP contribution in [-0.4, -0.2) is 30.2 Å². The van der Waals surface area contributed by atoms with Crippen LogP contribution in [0.3, 0.4) is 0 Å². The van der Waals surface area contributed by atoms with Crippen molar-refractivity contribution in [2.24, 2.45) is 0 Å².